The van der Waals surface area contributed by atoms with E-state index in [0.29, 0.717) is 0 Å². The molecule has 0 spiro atoms. The first kappa shape index (κ1) is 10.7. The molecule has 0 saturated heterocycles. The Morgan fingerprint density at radius 3 is 2.47 bits per heavy atom. The van der Waals surface area contributed by atoms with Gasteiger partial charge in [-0.15, -0.1) is 0 Å². The van der Waals surface area contributed by atoms with Crippen molar-refractivity contribution >= 4 is 0 Å². The summed E-state index contributed by atoms with van der Waals surface area (Å²) in [5, 5.41) is 0. The molecule has 82 valence electrons. The summed E-state index contributed by atoms with van der Waals surface area (Å²) in [4.78, 5) is 2.38. The molecule has 1 nitrogen and oxygen atoms in total. The topological polar surface area (TPSA) is 3.24 Å². The first-order valence-electron chi connectivity index (χ1n) is 5.98. The van der Waals surface area contributed by atoms with Gasteiger partial charge >= 0.3 is 0 Å². The maximum Gasteiger partial charge on any atom is 0.00949 e. The Labute approximate surface area is 93.1 Å². The summed E-state index contributed by atoms with van der Waals surface area (Å²) < 4.78 is 0. The fraction of sp³-hybridized carbons (Fsp3) is 0.571. The molecule has 0 amide bonds. The zero-order chi connectivity index (χ0) is 10.7. The van der Waals surface area contributed by atoms with Gasteiger partial charge in [-0.05, 0) is 44.8 Å². The molecule has 0 heterocycles. The molecule has 1 aromatic rings. The third kappa shape index (κ3) is 2.60. The predicted molar refractivity (Wildman–Crippen MR) is 65.1 cm³/mol. The monoisotopic (exact) mass is 203 g/mol. The van der Waals surface area contributed by atoms with Crippen LogP contribution in [0.5, 0.6) is 0 Å². The molecule has 0 radical (unpaired) electrons. The number of hydrogen-bond acceptors (Lipinski definition) is 1. The second kappa shape index (κ2) is 4.80. The Morgan fingerprint density at radius 2 is 1.80 bits per heavy atom. The van der Waals surface area contributed by atoms with Crippen molar-refractivity contribution in [1.82, 2.24) is 4.90 Å². The van der Waals surface area contributed by atoms with E-state index in [1.165, 1.54) is 31.2 Å². The van der Waals surface area contributed by atoms with E-state index in [-0.39, 0.29) is 0 Å². The van der Waals surface area contributed by atoms with Crippen molar-refractivity contribution < 1.29 is 0 Å². The van der Waals surface area contributed by atoms with Gasteiger partial charge in [0.05, 0.1) is 0 Å². The van der Waals surface area contributed by atoms with Crippen LogP contribution < -0.4 is 0 Å². The number of rotatable bonds is 2. The van der Waals surface area contributed by atoms with Crippen LogP contribution in [0.1, 0.15) is 37.2 Å². The average molecular weight is 203 g/mol. The number of benzene rings is 1. The molecule has 0 N–H and O–H groups in total. The summed E-state index contributed by atoms with van der Waals surface area (Å²) in [6.45, 7) is 0. The van der Waals surface area contributed by atoms with Gasteiger partial charge in [0.2, 0.25) is 0 Å². The minimum absolute atomic E-state index is 0.781. The second-order valence-electron chi connectivity index (χ2n) is 4.89. The largest absolute Gasteiger partial charge is 0.306 e. The van der Waals surface area contributed by atoms with Crippen LogP contribution in [0.4, 0.5) is 0 Å². The van der Waals surface area contributed by atoms with Crippen LogP contribution in [0.2, 0.25) is 0 Å². The Hall–Kier alpha value is -0.820. The third-order valence-corrected chi connectivity index (χ3v) is 3.65. The van der Waals surface area contributed by atoms with Crippen molar-refractivity contribution in [2.45, 2.75) is 37.6 Å². The lowest BCUT2D eigenvalue weighted by Crippen LogP contribution is -2.32. The minimum atomic E-state index is 0.781. The molecule has 0 aliphatic heterocycles. The normalized spacial score (nSPS) is 26.9. The van der Waals surface area contributed by atoms with Gasteiger partial charge in [0, 0.05) is 6.04 Å². The van der Waals surface area contributed by atoms with Crippen LogP contribution in [0.15, 0.2) is 30.3 Å². The highest BCUT2D eigenvalue weighted by molar-refractivity contribution is 5.20. The van der Waals surface area contributed by atoms with Gasteiger partial charge in [-0.3, -0.25) is 0 Å². The van der Waals surface area contributed by atoms with Gasteiger partial charge in [0.25, 0.3) is 0 Å². The Balaban J connectivity index is 2.05. The first-order chi connectivity index (χ1) is 7.27. The standard InChI is InChI=1S/C14H21N/c1-15(2)14-10-6-9-13(11-14)12-7-4-3-5-8-12/h3-5,7-8,13-14H,6,9-11H2,1-2H3. The number of nitrogens with zero attached hydrogens (tertiary/aromatic N) is 1. The van der Waals surface area contributed by atoms with Crippen LogP contribution in [-0.4, -0.2) is 25.0 Å². The summed E-state index contributed by atoms with van der Waals surface area (Å²) in [5.41, 5.74) is 1.53. The molecule has 1 aromatic carbocycles. The highest BCUT2D eigenvalue weighted by Crippen LogP contribution is 2.34. The molecular weight excluding hydrogens is 182 g/mol. The Bertz CT molecular complexity index is 291. The van der Waals surface area contributed by atoms with E-state index in [9.17, 15) is 0 Å². The lowest BCUT2D eigenvalue weighted by atomic mass is 9.81. The van der Waals surface area contributed by atoms with Gasteiger partial charge in [-0.25, -0.2) is 0 Å². The fourth-order valence-electron chi connectivity index (χ4n) is 2.66. The first-order valence-corrected chi connectivity index (χ1v) is 5.98. The van der Waals surface area contributed by atoms with Crippen molar-refractivity contribution in [2.75, 3.05) is 14.1 Å². The third-order valence-electron chi connectivity index (χ3n) is 3.65. The molecule has 1 saturated carbocycles. The summed E-state index contributed by atoms with van der Waals surface area (Å²) in [6, 6.07) is 11.8. The summed E-state index contributed by atoms with van der Waals surface area (Å²) in [6.07, 6.45) is 5.45. The van der Waals surface area contributed by atoms with E-state index in [1.807, 2.05) is 0 Å². The van der Waals surface area contributed by atoms with Crippen LogP contribution in [0, 0.1) is 0 Å². The van der Waals surface area contributed by atoms with Gasteiger partial charge in [-0.2, -0.15) is 0 Å². The highest BCUT2D eigenvalue weighted by atomic mass is 15.1. The highest BCUT2D eigenvalue weighted by Gasteiger charge is 2.23. The van der Waals surface area contributed by atoms with Crippen molar-refractivity contribution in [3.05, 3.63) is 35.9 Å². The molecule has 2 atom stereocenters. The smallest absolute Gasteiger partial charge is 0.00949 e. The van der Waals surface area contributed by atoms with Crippen LogP contribution in [0.3, 0.4) is 0 Å². The fourth-order valence-corrected chi connectivity index (χ4v) is 2.66. The predicted octanol–water partition coefficient (Wildman–Crippen LogP) is 3.27. The molecule has 0 aromatic heterocycles. The van der Waals surface area contributed by atoms with E-state index in [2.05, 4.69) is 49.3 Å². The maximum absolute atomic E-state index is 2.38. The van der Waals surface area contributed by atoms with Gasteiger partial charge in [0.1, 0.15) is 0 Å². The molecule has 15 heavy (non-hydrogen) atoms. The molecule has 2 rings (SSSR count). The van der Waals surface area contributed by atoms with Crippen LogP contribution >= 0.6 is 0 Å². The van der Waals surface area contributed by atoms with Crippen molar-refractivity contribution in [2.24, 2.45) is 0 Å². The zero-order valence-corrected chi connectivity index (χ0v) is 9.82. The molecular formula is C14H21N. The Morgan fingerprint density at radius 1 is 1.07 bits per heavy atom. The van der Waals surface area contributed by atoms with E-state index >= 15 is 0 Å². The molecule has 1 fully saturated rings. The maximum atomic E-state index is 2.38. The van der Waals surface area contributed by atoms with Crippen molar-refractivity contribution in [3.8, 4) is 0 Å². The number of hydrogen-bond donors (Lipinski definition) is 0. The lowest BCUT2D eigenvalue weighted by Gasteiger charge is -2.33. The van der Waals surface area contributed by atoms with E-state index in [4.69, 9.17) is 0 Å². The minimum Gasteiger partial charge on any atom is -0.306 e. The molecule has 1 heteroatoms. The second-order valence-corrected chi connectivity index (χ2v) is 4.89. The molecule has 1 aliphatic carbocycles. The van der Waals surface area contributed by atoms with Crippen molar-refractivity contribution in [3.63, 3.8) is 0 Å². The lowest BCUT2D eigenvalue weighted by molar-refractivity contribution is 0.213. The van der Waals surface area contributed by atoms with E-state index < -0.39 is 0 Å². The average Bonchev–Trinajstić information content (AvgIpc) is 2.30. The molecule has 1 aliphatic rings. The SMILES string of the molecule is CN(C)C1CCCC(c2ccccc2)C1. The summed E-state index contributed by atoms with van der Waals surface area (Å²) in [5.74, 6) is 0.785. The summed E-state index contributed by atoms with van der Waals surface area (Å²) in [7, 11) is 4.41. The zero-order valence-electron chi connectivity index (χ0n) is 9.82. The van der Waals surface area contributed by atoms with E-state index in [0.717, 1.165) is 12.0 Å². The Kier molecular flexibility index (Phi) is 3.42. The van der Waals surface area contributed by atoms with Gasteiger partial charge in [0.15, 0.2) is 0 Å². The van der Waals surface area contributed by atoms with Crippen LogP contribution in [-0.2, 0) is 0 Å². The van der Waals surface area contributed by atoms with Crippen molar-refractivity contribution in [1.29, 1.82) is 0 Å². The summed E-state index contributed by atoms with van der Waals surface area (Å²) >= 11 is 0. The quantitative estimate of drug-likeness (QED) is 0.713. The van der Waals surface area contributed by atoms with Gasteiger partial charge in [-0.1, -0.05) is 36.8 Å². The molecule has 0 bridgehead atoms. The van der Waals surface area contributed by atoms with Gasteiger partial charge < -0.3 is 4.90 Å². The molecule has 2 unspecified atom stereocenters. The van der Waals surface area contributed by atoms with E-state index in [1.54, 1.807) is 0 Å². The van der Waals surface area contributed by atoms with Crippen LogP contribution in [0.25, 0.3) is 0 Å².